The van der Waals surface area contributed by atoms with Crippen molar-refractivity contribution in [3.05, 3.63) is 0 Å². The van der Waals surface area contributed by atoms with Gasteiger partial charge >= 0.3 is 0 Å². The Hall–Kier alpha value is -0.0400. The van der Waals surface area contributed by atoms with Crippen LogP contribution in [0.5, 0.6) is 0 Å². The minimum atomic E-state index is -0.00176. The molecule has 2 atom stereocenters. The van der Waals surface area contributed by atoms with Crippen molar-refractivity contribution >= 4 is 0 Å². The zero-order valence-electron chi connectivity index (χ0n) is 9.84. The van der Waals surface area contributed by atoms with E-state index in [1.807, 2.05) is 0 Å². The maximum atomic E-state index is 9.99. The Morgan fingerprint density at radius 3 is 2.36 bits per heavy atom. The molecule has 1 fully saturated rings. The topological polar surface area (TPSA) is 20.2 Å². The lowest BCUT2D eigenvalue weighted by Crippen LogP contribution is -2.21. The monoisotopic (exact) mass is 198 g/mol. The van der Waals surface area contributed by atoms with E-state index >= 15 is 0 Å². The summed E-state index contributed by atoms with van der Waals surface area (Å²) in [6.45, 7) is 4.55. The van der Waals surface area contributed by atoms with Crippen LogP contribution in [0.1, 0.15) is 65.2 Å². The Morgan fingerprint density at radius 1 is 1.07 bits per heavy atom. The number of aliphatic hydroxyl groups excluding tert-OH is 1. The third-order valence-corrected chi connectivity index (χ3v) is 3.91. The quantitative estimate of drug-likeness (QED) is 0.682. The van der Waals surface area contributed by atoms with Crippen molar-refractivity contribution in [2.75, 3.05) is 0 Å². The average Bonchev–Trinajstić information content (AvgIpc) is 2.40. The van der Waals surface area contributed by atoms with Crippen LogP contribution in [0, 0.1) is 11.8 Å². The van der Waals surface area contributed by atoms with Gasteiger partial charge < -0.3 is 5.11 Å². The maximum Gasteiger partial charge on any atom is 0.0568 e. The summed E-state index contributed by atoms with van der Waals surface area (Å²) in [5.41, 5.74) is 0. The molecule has 1 heteroatoms. The molecular weight excluding hydrogens is 172 g/mol. The van der Waals surface area contributed by atoms with Crippen LogP contribution < -0.4 is 0 Å². The van der Waals surface area contributed by atoms with E-state index < -0.39 is 0 Å². The van der Waals surface area contributed by atoms with Gasteiger partial charge in [0.1, 0.15) is 0 Å². The SMILES string of the molecule is CCC(CC)CC1CCCCCC1O. The van der Waals surface area contributed by atoms with Gasteiger partial charge in [0, 0.05) is 0 Å². The van der Waals surface area contributed by atoms with Gasteiger partial charge in [-0.3, -0.25) is 0 Å². The van der Waals surface area contributed by atoms with E-state index in [9.17, 15) is 5.11 Å². The van der Waals surface area contributed by atoms with E-state index in [1.54, 1.807) is 0 Å². The molecule has 0 radical (unpaired) electrons. The molecule has 0 aromatic rings. The fraction of sp³-hybridized carbons (Fsp3) is 1.00. The lowest BCUT2D eigenvalue weighted by atomic mass is 9.85. The number of hydrogen-bond donors (Lipinski definition) is 1. The van der Waals surface area contributed by atoms with Gasteiger partial charge in [0.2, 0.25) is 0 Å². The van der Waals surface area contributed by atoms with Crippen molar-refractivity contribution < 1.29 is 5.11 Å². The first-order valence-corrected chi connectivity index (χ1v) is 6.46. The van der Waals surface area contributed by atoms with Crippen molar-refractivity contribution in [1.82, 2.24) is 0 Å². The molecule has 1 rings (SSSR count). The van der Waals surface area contributed by atoms with Gasteiger partial charge in [-0.15, -0.1) is 0 Å². The van der Waals surface area contributed by atoms with E-state index in [-0.39, 0.29) is 6.10 Å². The van der Waals surface area contributed by atoms with Gasteiger partial charge in [-0.2, -0.15) is 0 Å². The standard InChI is InChI=1S/C13H26O/c1-3-11(4-2)10-12-8-6-5-7-9-13(12)14/h11-14H,3-10H2,1-2H3. The zero-order chi connectivity index (χ0) is 10.4. The van der Waals surface area contributed by atoms with Crippen LogP contribution in [0.4, 0.5) is 0 Å². The number of hydrogen-bond acceptors (Lipinski definition) is 1. The highest BCUT2D eigenvalue weighted by Crippen LogP contribution is 2.30. The first-order valence-electron chi connectivity index (χ1n) is 6.46. The molecule has 0 bridgehead atoms. The Bertz CT molecular complexity index is 140. The van der Waals surface area contributed by atoms with Crippen molar-refractivity contribution in [3.8, 4) is 0 Å². The van der Waals surface area contributed by atoms with Crippen LogP contribution >= 0.6 is 0 Å². The fourth-order valence-corrected chi connectivity index (χ4v) is 2.69. The van der Waals surface area contributed by atoms with Crippen molar-refractivity contribution in [2.45, 2.75) is 71.3 Å². The molecule has 0 saturated heterocycles. The number of aliphatic hydroxyl groups is 1. The molecule has 1 saturated carbocycles. The van der Waals surface area contributed by atoms with Crippen molar-refractivity contribution in [2.24, 2.45) is 11.8 Å². The second-order valence-electron chi connectivity index (χ2n) is 4.88. The van der Waals surface area contributed by atoms with E-state index in [4.69, 9.17) is 0 Å². The van der Waals surface area contributed by atoms with Crippen LogP contribution in [0.2, 0.25) is 0 Å². The first kappa shape index (κ1) is 12.0. The minimum absolute atomic E-state index is 0.00176. The molecule has 1 aliphatic carbocycles. The van der Waals surface area contributed by atoms with Crippen LogP contribution in [0.25, 0.3) is 0 Å². The summed E-state index contributed by atoms with van der Waals surface area (Å²) in [5, 5.41) is 9.99. The third-order valence-electron chi connectivity index (χ3n) is 3.91. The average molecular weight is 198 g/mol. The second-order valence-corrected chi connectivity index (χ2v) is 4.88. The van der Waals surface area contributed by atoms with Crippen LogP contribution in [0.15, 0.2) is 0 Å². The Morgan fingerprint density at radius 2 is 1.71 bits per heavy atom. The van der Waals surface area contributed by atoms with E-state index in [0.717, 1.165) is 12.3 Å². The predicted octanol–water partition coefficient (Wildman–Crippen LogP) is 3.75. The van der Waals surface area contributed by atoms with Gasteiger partial charge in [0.25, 0.3) is 0 Å². The van der Waals surface area contributed by atoms with Gasteiger partial charge in [-0.25, -0.2) is 0 Å². The summed E-state index contributed by atoms with van der Waals surface area (Å²) in [6, 6.07) is 0. The van der Waals surface area contributed by atoms with E-state index in [0.29, 0.717) is 5.92 Å². The molecule has 0 spiro atoms. The van der Waals surface area contributed by atoms with Crippen LogP contribution in [-0.2, 0) is 0 Å². The van der Waals surface area contributed by atoms with Gasteiger partial charge in [-0.1, -0.05) is 46.0 Å². The lowest BCUT2D eigenvalue weighted by molar-refractivity contribution is 0.0846. The molecule has 0 aromatic heterocycles. The van der Waals surface area contributed by atoms with Crippen molar-refractivity contribution in [1.29, 1.82) is 0 Å². The zero-order valence-corrected chi connectivity index (χ0v) is 9.84. The molecular formula is C13H26O. The highest BCUT2D eigenvalue weighted by atomic mass is 16.3. The molecule has 0 heterocycles. The Labute approximate surface area is 88.9 Å². The van der Waals surface area contributed by atoms with Crippen LogP contribution in [0.3, 0.4) is 0 Å². The summed E-state index contributed by atoms with van der Waals surface area (Å²) in [5.74, 6) is 1.44. The molecule has 1 nitrogen and oxygen atoms in total. The highest BCUT2D eigenvalue weighted by Gasteiger charge is 2.23. The fourth-order valence-electron chi connectivity index (χ4n) is 2.69. The molecule has 84 valence electrons. The highest BCUT2D eigenvalue weighted by molar-refractivity contribution is 4.75. The lowest BCUT2D eigenvalue weighted by Gasteiger charge is -2.24. The Kier molecular flexibility index (Phi) is 5.54. The first-order chi connectivity index (χ1) is 6.77. The van der Waals surface area contributed by atoms with Gasteiger partial charge in [0.05, 0.1) is 6.10 Å². The van der Waals surface area contributed by atoms with Gasteiger partial charge in [0.15, 0.2) is 0 Å². The maximum absolute atomic E-state index is 9.99. The molecule has 1 aliphatic rings. The minimum Gasteiger partial charge on any atom is -0.393 e. The normalized spacial score (nSPS) is 29.1. The van der Waals surface area contributed by atoms with E-state index in [1.165, 1.54) is 44.9 Å². The smallest absolute Gasteiger partial charge is 0.0568 e. The summed E-state index contributed by atoms with van der Waals surface area (Å²) in [6.07, 6.45) is 10.0. The summed E-state index contributed by atoms with van der Waals surface area (Å²) in [7, 11) is 0. The molecule has 14 heavy (non-hydrogen) atoms. The molecule has 0 aromatic carbocycles. The number of rotatable bonds is 4. The van der Waals surface area contributed by atoms with E-state index in [2.05, 4.69) is 13.8 Å². The largest absolute Gasteiger partial charge is 0.393 e. The van der Waals surface area contributed by atoms with Gasteiger partial charge in [-0.05, 0) is 31.1 Å². The summed E-state index contributed by atoms with van der Waals surface area (Å²) in [4.78, 5) is 0. The second kappa shape index (κ2) is 6.44. The summed E-state index contributed by atoms with van der Waals surface area (Å²) >= 11 is 0. The molecule has 0 aliphatic heterocycles. The third kappa shape index (κ3) is 3.61. The predicted molar refractivity (Wildman–Crippen MR) is 61.3 cm³/mol. The molecule has 2 unspecified atom stereocenters. The summed E-state index contributed by atoms with van der Waals surface area (Å²) < 4.78 is 0. The van der Waals surface area contributed by atoms with Crippen molar-refractivity contribution in [3.63, 3.8) is 0 Å². The molecule has 1 N–H and O–H groups in total. The Balaban J connectivity index is 2.39. The van der Waals surface area contributed by atoms with Crippen LogP contribution in [-0.4, -0.2) is 11.2 Å². The molecule has 0 amide bonds.